The molecule has 3 heterocycles. The molecule has 0 saturated carbocycles. The van der Waals surface area contributed by atoms with Gasteiger partial charge in [0, 0.05) is 32.4 Å². The molecule has 0 unspecified atom stereocenters. The lowest BCUT2D eigenvalue weighted by molar-refractivity contribution is -0.0660. The van der Waals surface area contributed by atoms with Gasteiger partial charge in [-0.1, -0.05) is 0 Å². The quantitative estimate of drug-likeness (QED) is 0.764. The number of hydrogen-bond donors (Lipinski definition) is 1. The van der Waals surface area contributed by atoms with E-state index >= 15 is 0 Å². The molecule has 2 N–H and O–H groups in total. The fourth-order valence-corrected chi connectivity index (χ4v) is 2.33. The molecule has 2 aliphatic heterocycles. The molecule has 0 amide bonds. The second-order valence-corrected chi connectivity index (χ2v) is 4.51. The van der Waals surface area contributed by atoms with Gasteiger partial charge in [0.15, 0.2) is 0 Å². The molecular weight excluding hydrogens is 216 g/mol. The molecule has 1 aromatic heterocycles. The van der Waals surface area contributed by atoms with E-state index in [1.165, 1.54) is 0 Å². The molecule has 0 bridgehead atoms. The van der Waals surface area contributed by atoms with Gasteiger partial charge in [0.1, 0.15) is 5.69 Å². The van der Waals surface area contributed by atoms with Gasteiger partial charge in [-0.25, -0.2) is 4.98 Å². The minimum Gasteiger partial charge on any atom is -0.395 e. The number of nitrogens with two attached hydrogens (primary N) is 1. The largest absolute Gasteiger partial charge is 0.395 e. The van der Waals surface area contributed by atoms with Crippen LogP contribution in [0.4, 0.5) is 11.4 Å². The summed E-state index contributed by atoms with van der Waals surface area (Å²) in [5, 5.41) is 0. The van der Waals surface area contributed by atoms with Crippen LogP contribution < -0.4 is 10.6 Å². The first kappa shape index (κ1) is 10.6. The van der Waals surface area contributed by atoms with Gasteiger partial charge < -0.3 is 15.4 Å². The first-order valence-corrected chi connectivity index (χ1v) is 5.95. The molecule has 5 nitrogen and oxygen atoms in total. The predicted molar refractivity (Wildman–Crippen MR) is 64.7 cm³/mol. The summed E-state index contributed by atoms with van der Waals surface area (Å²) < 4.78 is 5.22. The molecule has 0 spiro atoms. The molecule has 2 fully saturated rings. The van der Waals surface area contributed by atoms with Gasteiger partial charge in [-0.3, -0.25) is 4.90 Å². The number of nitrogens with zero attached hydrogens (tertiary/aromatic N) is 3. The Morgan fingerprint density at radius 2 is 2.06 bits per heavy atom. The van der Waals surface area contributed by atoms with Crippen LogP contribution in [0.1, 0.15) is 0 Å². The van der Waals surface area contributed by atoms with Crippen LogP contribution in [0.5, 0.6) is 0 Å². The van der Waals surface area contributed by atoms with Crippen LogP contribution >= 0.6 is 0 Å². The summed E-state index contributed by atoms with van der Waals surface area (Å²) in [6.45, 7) is 5.85. The van der Waals surface area contributed by atoms with Crippen molar-refractivity contribution in [2.24, 2.45) is 0 Å². The summed E-state index contributed by atoms with van der Waals surface area (Å²) in [6, 6.07) is 3.63. The molecular formula is C12H16N4O. The Balaban J connectivity index is 1.63. The standard InChI is InChI=1S/C12H16N4O/c13-11-7-14-2-1-12(11)16-5-3-15(4-6-16)10-8-17-9-10/h7,10H,3-6,8-9,13H2. The van der Waals surface area contributed by atoms with E-state index in [0.29, 0.717) is 11.7 Å². The van der Waals surface area contributed by atoms with Crippen LogP contribution in [0.25, 0.3) is 0 Å². The van der Waals surface area contributed by atoms with E-state index in [1.54, 1.807) is 6.20 Å². The van der Waals surface area contributed by atoms with Crippen molar-refractivity contribution in [2.75, 3.05) is 50.0 Å². The molecule has 3 rings (SSSR count). The minimum atomic E-state index is 0.627. The molecule has 1 aromatic rings. The monoisotopic (exact) mass is 232 g/mol. The normalized spacial score (nSPS) is 22.0. The Labute approximate surface area is 101 Å². The minimum absolute atomic E-state index is 0.627. The predicted octanol–water partition coefficient (Wildman–Crippen LogP) is -0.215. The first-order chi connectivity index (χ1) is 8.34. The summed E-state index contributed by atoms with van der Waals surface area (Å²) >= 11 is 0. The highest BCUT2D eigenvalue weighted by Crippen LogP contribution is 2.21. The Hall–Kier alpha value is -1.51. The summed E-state index contributed by atoms with van der Waals surface area (Å²) in [5.74, 6) is 0. The number of anilines is 2. The smallest absolute Gasteiger partial charge is 0.115 e. The lowest BCUT2D eigenvalue weighted by atomic mass is 10.1. The van der Waals surface area contributed by atoms with Crippen molar-refractivity contribution >= 4 is 11.4 Å². The third-order valence-corrected chi connectivity index (χ3v) is 3.48. The van der Waals surface area contributed by atoms with Crippen LogP contribution in [0.2, 0.25) is 0 Å². The summed E-state index contributed by atoms with van der Waals surface area (Å²) in [5.41, 5.74) is 7.51. The molecule has 90 valence electrons. The summed E-state index contributed by atoms with van der Waals surface area (Å²) in [6.07, 6.45) is 4.36. The van der Waals surface area contributed by atoms with Crippen molar-refractivity contribution in [1.29, 1.82) is 0 Å². The zero-order valence-electron chi connectivity index (χ0n) is 9.72. The number of aromatic nitrogens is 1. The van der Waals surface area contributed by atoms with E-state index in [0.717, 1.165) is 45.1 Å². The van der Waals surface area contributed by atoms with Gasteiger partial charge in [0.2, 0.25) is 0 Å². The summed E-state index contributed by atoms with van der Waals surface area (Å²) in [7, 11) is 0. The first-order valence-electron chi connectivity index (χ1n) is 5.95. The topological polar surface area (TPSA) is 54.6 Å². The maximum Gasteiger partial charge on any atom is 0.115 e. The van der Waals surface area contributed by atoms with Crippen molar-refractivity contribution in [2.45, 2.75) is 6.04 Å². The van der Waals surface area contributed by atoms with Crippen LogP contribution in [0.3, 0.4) is 0 Å². The Morgan fingerprint density at radius 1 is 1.29 bits per heavy atom. The molecule has 0 aromatic carbocycles. The van der Waals surface area contributed by atoms with Gasteiger partial charge in [-0.2, -0.15) is 0 Å². The van der Waals surface area contributed by atoms with Gasteiger partial charge in [-0.15, -0.1) is 0 Å². The second-order valence-electron chi connectivity index (χ2n) is 4.51. The SMILES string of the molecule is Nc1cnc#cc1N1CCN(C2COC2)CC1. The fraction of sp³-hybridized carbons (Fsp3) is 0.583. The number of piperazine rings is 1. The molecule has 17 heavy (non-hydrogen) atoms. The fourth-order valence-electron chi connectivity index (χ4n) is 2.33. The highest BCUT2D eigenvalue weighted by Gasteiger charge is 2.29. The molecule has 0 atom stereocenters. The van der Waals surface area contributed by atoms with Crippen molar-refractivity contribution in [3.8, 4) is 0 Å². The van der Waals surface area contributed by atoms with Crippen LogP contribution in [-0.2, 0) is 4.74 Å². The highest BCUT2D eigenvalue weighted by molar-refractivity contribution is 5.64. The average Bonchev–Trinajstić information content (AvgIpc) is 2.29. The van der Waals surface area contributed by atoms with Crippen molar-refractivity contribution in [3.05, 3.63) is 18.5 Å². The molecule has 5 heteroatoms. The lowest BCUT2D eigenvalue weighted by Gasteiger charge is -2.43. The van der Waals surface area contributed by atoms with Crippen LogP contribution in [0, 0.1) is 12.3 Å². The zero-order chi connectivity index (χ0) is 11.7. The van der Waals surface area contributed by atoms with Gasteiger partial charge >= 0.3 is 0 Å². The van der Waals surface area contributed by atoms with E-state index in [1.807, 2.05) is 0 Å². The van der Waals surface area contributed by atoms with Crippen LogP contribution in [-0.4, -0.2) is 55.3 Å². The Morgan fingerprint density at radius 3 is 2.65 bits per heavy atom. The second kappa shape index (κ2) is 4.40. The third kappa shape index (κ3) is 2.02. The van der Waals surface area contributed by atoms with Gasteiger partial charge in [-0.05, 0) is 6.07 Å². The maximum absolute atomic E-state index is 5.89. The highest BCUT2D eigenvalue weighted by atomic mass is 16.5. The Bertz CT molecular complexity index is 386. The van der Waals surface area contributed by atoms with E-state index in [9.17, 15) is 0 Å². The van der Waals surface area contributed by atoms with E-state index in [4.69, 9.17) is 10.5 Å². The number of nitrogen functional groups attached to an aromatic ring is 1. The van der Waals surface area contributed by atoms with Crippen molar-refractivity contribution in [1.82, 2.24) is 9.88 Å². The lowest BCUT2D eigenvalue weighted by Crippen LogP contribution is -2.56. The van der Waals surface area contributed by atoms with Crippen molar-refractivity contribution in [3.63, 3.8) is 0 Å². The third-order valence-electron chi connectivity index (χ3n) is 3.48. The number of ether oxygens (including phenoxy) is 1. The maximum atomic E-state index is 5.89. The summed E-state index contributed by atoms with van der Waals surface area (Å²) in [4.78, 5) is 8.59. The van der Waals surface area contributed by atoms with Crippen LogP contribution in [0.15, 0.2) is 6.20 Å². The van der Waals surface area contributed by atoms with Gasteiger partial charge in [0.05, 0.1) is 31.1 Å². The molecule has 0 aliphatic carbocycles. The number of rotatable bonds is 2. The molecule has 2 aliphatic rings. The molecule has 0 radical (unpaired) electrons. The average molecular weight is 232 g/mol. The number of hydrogen-bond acceptors (Lipinski definition) is 5. The zero-order valence-corrected chi connectivity index (χ0v) is 9.72. The van der Waals surface area contributed by atoms with Gasteiger partial charge in [0.25, 0.3) is 0 Å². The van der Waals surface area contributed by atoms with E-state index < -0.39 is 0 Å². The van der Waals surface area contributed by atoms with E-state index in [2.05, 4.69) is 27.0 Å². The van der Waals surface area contributed by atoms with E-state index in [-0.39, 0.29) is 0 Å². The van der Waals surface area contributed by atoms with Crippen molar-refractivity contribution < 1.29 is 4.74 Å². The molecule has 2 saturated heterocycles. The Kier molecular flexibility index (Phi) is 2.75.